The Labute approximate surface area is 260 Å². The number of nitrogens with zero attached hydrogens (tertiary/aromatic N) is 5. The second-order valence-corrected chi connectivity index (χ2v) is 11.3. The maximum absolute atomic E-state index is 13.8. The van der Waals surface area contributed by atoms with Crippen molar-refractivity contribution in [2.75, 3.05) is 19.0 Å². The van der Waals surface area contributed by atoms with Crippen molar-refractivity contribution in [1.82, 2.24) is 14.7 Å². The maximum atomic E-state index is 13.8. The van der Waals surface area contributed by atoms with Gasteiger partial charge in [0.1, 0.15) is 11.8 Å². The number of amides is 1. The van der Waals surface area contributed by atoms with E-state index in [4.69, 9.17) is 25.6 Å². The lowest BCUT2D eigenvalue weighted by Crippen LogP contribution is -2.34. The number of anilines is 1. The second-order valence-electron chi connectivity index (χ2n) is 10.8. The van der Waals surface area contributed by atoms with E-state index in [9.17, 15) is 9.59 Å². The summed E-state index contributed by atoms with van der Waals surface area (Å²) >= 11 is 6.36. The van der Waals surface area contributed by atoms with Crippen LogP contribution in [0, 0.1) is 6.92 Å². The van der Waals surface area contributed by atoms with Crippen LogP contribution < -0.4 is 15.6 Å². The zero-order valence-corrected chi connectivity index (χ0v) is 26.3. The average Bonchev–Trinajstić information content (AvgIpc) is 3.41. The fourth-order valence-corrected chi connectivity index (χ4v) is 4.72. The number of aryl methyl sites for hydroxylation is 1. The molecule has 4 aromatic rings. The van der Waals surface area contributed by atoms with Crippen molar-refractivity contribution in [2.45, 2.75) is 52.7 Å². The van der Waals surface area contributed by atoms with Gasteiger partial charge < -0.3 is 19.3 Å². The monoisotopic (exact) mass is 618 g/mol. The van der Waals surface area contributed by atoms with E-state index in [1.54, 1.807) is 56.5 Å². The molecule has 0 saturated carbocycles. The molecule has 12 heteroatoms. The lowest BCUT2D eigenvalue weighted by atomic mass is 9.99. The first-order chi connectivity index (χ1) is 20.9. The summed E-state index contributed by atoms with van der Waals surface area (Å²) in [6.45, 7) is 13.1. The van der Waals surface area contributed by atoms with Crippen LogP contribution in [-0.4, -0.2) is 52.9 Å². The molecule has 0 unspecified atom stereocenters. The first kappa shape index (κ1) is 32.3. The Morgan fingerprint density at radius 1 is 1.16 bits per heavy atom. The van der Waals surface area contributed by atoms with Gasteiger partial charge in [0.2, 0.25) is 5.91 Å². The molecule has 0 bridgehead atoms. The van der Waals surface area contributed by atoms with E-state index < -0.39 is 23.1 Å². The number of rotatable bonds is 11. The van der Waals surface area contributed by atoms with Crippen molar-refractivity contribution >= 4 is 47.5 Å². The van der Waals surface area contributed by atoms with Gasteiger partial charge in [-0.25, -0.2) is 0 Å². The SMILES string of the molecule is C=Nc1cc(NC(=O)[C@H](CCOC(C)(C)C)n2cc(OC)c(-c3cc(Cl)ccc3-c3nc(C)no3)cc2=O)ccc1/N=C\C. The molecule has 0 radical (unpaired) electrons. The number of nitrogens with one attached hydrogen (secondary N) is 1. The molecule has 11 nitrogen and oxygen atoms in total. The summed E-state index contributed by atoms with van der Waals surface area (Å²) in [5.74, 6) is 0.629. The quantitative estimate of drug-likeness (QED) is 0.179. The number of carbonyl (C=O) groups is 1. The van der Waals surface area contributed by atoms with Crippen LogP contribution in [0.15, 0.2) is 68.0 Å². The van der Waals surface area contributed by atoms with E-state index in [0.717, 1.165) is 0 Å². The fraction of sp³-hybridized carbons (Fsp3) is 0.312. The molecular weight excluding hydrogens is 584 g/mol. The lowest BCUT2D eigenvalue weighted by molar-refractivity contribution is -0.120. The number of pyridine rings is 1. The van der Waals surface area contributed by atoms with Gasteiger partial charge in [-0.3, -0.25) is 24.1 Å². The normalized spacial score (nSPS) is 12.3. The van der Waals surface area contributed by atoms with Crippen molar-refractivity contribution in [3.05, 3.63) is 69.9 Å². The molecule has 0 aliphatic rings. The first-order valence-electron chi connectivity index (χ1n) is 13.9. The number of halogens is 1. The molecular formula is C32H35ClN6O5. The number of carbonyl (C=O) groups excluding carboxylic acids is 1. The second kappa shape index (κ2) is 13.8. The number of methoxy groups -OCH3 is 1. The van der Waals surface area contributed by atoms with Gasteiger partial charge in [0.05, 0.1) is 30.3 Å². The third kappa shape index (κ3) is 7.66. The van der Waals surface area contributed by atoms with Crippen LogP contribution >= 0.6 is 11.6 Å². The predicted molar refractivity (Wildman–Crippen MR) is 173 cm³/mol. The van der Waals surface area contributed by atoms with E-state index in [1.807, 2.05) is 20.8 Å². The summed E-state index contributed by atoms with van der Waals surface area (Å²) in [6.07, 6.45) is 3.37. The molecule has 0 saturated heterocycles. The number of hydrogen-bond acceptors (Lipinski definition) is 9. The highest BCUT2D eigenvalue weighted by Crippen LogP contribution is 2.38. The maximum Gasteiger partial charge on any atom is 0.258 e. The summed E-state index contributed by atoms with van der Waals surface area (Å²) in [5.41, 5.74) is 2.29. The molecule has 230 valence electrons. The van der Waals surface area contributed by atoms with Crippen molar-refractivity contribution in [3.63, 3.8) is 0 Å². The van der Waals surface area contributed by atoms with E-state index in [-0.39, 0.29) is 18.9 Å². The Morgan fingerprint density at radius 2 is 1.93 bits per heavy atom. The minimum atomic E-state index is -0.946. The molecule has 0 aliphatic carbocycles. The van der Waals surface area contributed by atoms with E-state index in [0.29, 0.717) is 50.3 Å². The van der Waals surface area contributed by atoms with E-state index >= 15 is 0 Å². The fourth-order valence-electron chi connectivity index (χ4n) is 4.55. The first-order valence-corrected chi connectivity index (χ1v) is 14.3. The number of aliphatic imine (C=N–C) groups is 2. The van der Waals surface area contributed by atoms with Gasteiger partial charge in [0, 0.05) is 47.1 Å². The van der Waals surface area contributed by atoms with Crippen LogP contribution in [-0.2, 0) is 9.53 Å². The van der Waals surface area contributed by atoms with Gasteiger partial charge in [-0.2, -0.15) is 4.98 Å². The Hall–Kier alpha value is -4.61. The molecule has 1 atom stereocenters. The molecule has 1 amide bonds. The van der Waals surface area contributed by atoms with Crippen molar-refractivity contribution in [3.8, 4) is 28.3 Å². The Morgan fingerprint density at radius 3 is 2.57 bits per heavy atom. The van der Waals surface area contributed by atoms with Crippen LogP contribution in [0.4, 0.5) is 17.1 Å². The molecule has 2 aromatic heterocycles. The third-order valence-corrected chi connectivity index (χ3v) is 6.78. The molecule has 2 aromatic carbocycles. The van der Waals surface area contributed by atoms with Crippen LogP contribution in [0.25, 0.3) is 22.6 Å². The summed E-state index contributed by atoms with van der Waals surface area (Å²) in [7, 11) is 1.48. The Bertz CT molecular complexity index is 1750. The lowest BCUT2D eigenvalue weighted by Gasteiger charge is -2.24. The minimum absolute atomic E-state index is 0.208. The molecule has 4 rings (SSSR count). The van der Waals surface area contributed by atoms with Crippen LogP contribution in [0.3, 0.4) is 0 Å². The summed E-state index contributed by atoms with van der Waals surface area (Å²) in [6, 6.07) is 10.7. The summed E-state index contributed by atoms with van der Waals surface area (Å²) in [4.78, 5) is 40.2. The van der Waals surface area contributed by atoms with Gasteiger partial charge in [0.25, 0.3) is 11.4 Å². The molecule has 0 aliphatic heterocycles. The smallest absolute Gasteiger partial charge is 0.258 e. The number of aromatic nitrogens is 3. The largest absolute Gasteiger partial charge is 0.495 e. The van der Waals surface area contributed by atoms with Gasteiger partial charge >= 0.3 is 0 Å². The molecule has 2 heterocycles. The van der Waals surface area contributed by atoms with Crippen LogP contribution in [0.1, 0.15) is 46.0 Å². The minimum Gasteiger partial charge on any atom is -0.495 e. The highest BCUT2D eigenvalue weighted by molar-refractivity contribution is 6.31. The Kier molecular flexibility index (Phi) is 10.1. The van der Waals surface area contributed by atoms with Crippen molar-refractivity contribution in [1.29, 1.82) is 0 Å². The van der Waals surface area contributed by atoms with Gasteiger partial charge in [-0.1, -0.05) is 16.8 Å². The summed E-state index contributed by atoms with van der Waals surface area (Å²) < 4.78 is 18.4. The number of hydrogen-bond donors (Lipinski definition) is 1. The highest BCUT2D eigenvalue weighted by Gasteiger charge is 2.26. The standard InChI is InChI=1S/C32H35ClN6O5/c1-8-35-25-12-10-21(16-26(25)34-6)37-30(41)27(13-14-43-32(3,4)5)39-18-28(42-7)24(17-29(39)40)23-15-20(33)9-11-22(23)31-36-19(2)38-44-31/h8-12,15-18,27H,6,13-14H2,1-5,7H3,(H,37,41)/b35-8-/t27-/m0/s1. The van der Waals surface area contributed by atoms with Crippen LogP contribution in [0.5, 0.6) is 5.75 Å². The zero-order valence-electron chi connectivity index (χ0n) is 25.6. The molecule has 0 fully saturated rings. The van der Waals surface area contributed by atoms with Gasteiger partial charge in [0.15, 0.2) is 5.82 Å². The van der Waals surface area contributed by atoms with Crippen LogP contribution in [0.2, 0.25) is 5.02 Å². The van der Waals surface area contributed by atoms with E-state index in [1.165, 1.54) is 23.9 Å². The topological polar surface area (TPSA) is 133 Å². The molecule has 0 spiro atoms. The molecule has 44 heavy (non-hydrogen) atoms. The average molecular weight is 619 g/mol. The third-order valence-electron chi connectivity index (χ3n) is 6.54. The number of benzene rings is 2. The predicted octanol–water partition coefficient (Wildman–Crippen LogP) is 6.98. The Balaban J connectivity index is 1.77. The van der Waals surface area contributed by atoms with Crippen molar-refractivity contribution < 1.29 is 18.8 Å². The number of ether oxygens (including phenoxy) is 2. The van der Waals surface area contributed by atoms with Gasteiger partial charge in [-0.05, 0) is 83.3 Å². The highest BCUT2D eigenvalue weighted by atomic mass is 35.5. The van der Waals surface area contributed by atoms with Gasteiger partial charge in [-0.15, -0.1) is 0 Å². The van der Waals surface area contributed by atoms with Crippen molar-refractivity contribution in [2.24, 2.45) is 9.98 Å². The van der Waals surface area contributed by atoms with E-state index in [2.05, 4.69) is 32.2 Å². The zero-order chi connectivity index (χ0) is 32.0. The summed E-state index contributed by atoms with van der Waals surface area (Å²) in [5, 5.41) is 7.22. The molecule has 1 N–H and O–H groups in total.